The summed E-state index contributed by atoms with van der Waals surface area (Å²) in [6, 6.07) is 10.8. The van der Waals surface area contributed by atoms with Gasteiger partial charge in [0.25, 0.3) is 5.91 Å². The third kappa shape index (κ3) is 7.06. The zero-order valence-electron chi connectivity index (χ0n) is 31.0. The smallest absolute Gasteiger partial charge is 0.254 e. The number of nitrogens with one attached hydrogen (secondary N) is 2. The van der Waals surface area contributed by atoms with Gasteiger partial charge in [-0.3, -0.25) is 34.1 Å². The molecule has 55 heavy (non-hydrogen) atoms. The molecule has 1 unspecified atom stereocenters. The standard InChI is InChI=1S/C40H42ClFN8O4S/c1-22-23(2)55-39-34(22)35(25-4-6-26(41)7-5-25)43-31(36-47-46-24(3)50(36)39)21-33(52)49-18-14-40(15-19-49)12-16-48(17-13-40)27-8-9-28(29(42)20-27)37(53)44-30-10-11-32(51)45-38(30)54/h4-9,20,30-31H,10-19,21H2,1-3H3,(H,44,53)(H,45,51,54)/t30?,31-/m0/s1. The molecule has 2 N–H and O–H groups in total. The van der Waals surface area contributed by atoms with Crippen molar-refractivity contribution in [3.63, 3.8) is 0 Å². The van der Waals surface area contributed by atoms with Crippen LogP contribution >= 0.6 is 22.9 Å². The summed E-state index contributed by atoms with van der Waals surface area (Å²) in [5.74, 6) is -0.867. The number of hydrogen-bond acceptors (Lipinski definition) is 9. The highest BCUT2D eigenvalue weighted by atomic mass is 35.5. The second kappa shape index (κ2) is 14.6. The Morgan fingerprint density at radius 2 is 1.71 bits per heavy atom. The zero-order chi connectivity index (χ0) is 38.6. The van der Waals surface area contributed by atoms with Crippen molar-refractivity contribution in [2.24, 2.45) is 10.4 Å². The number of rotatable bonds is 6. The number of carbonyl (C=O) groups is 4. The van der Waals surface area contributed by atoms with Gasteiger partial charge in [0.15, 0.2) is 5.82 Å². The predicted molar refractivity (Wildman–Crippen MR) is 208 cm³/mol. The minimum absolute atomic E-state index is 0.0408. The van der Waals surface area contributed by atoms with Crippen molar-refractivity contribution in [1.82, 2.24) is 30.3 Å². The third-order valence-electron chi connectivity index (χ3n) is 11.8. The summed E-state index contributed by atoms with van der Waals surface area (Å²) in [5.41, 5.74) is 4.57. The van der Waals surface area contributed by atoms with Crippen LogP contribution < -0.4 is 15.5 Å². The van der Waals surface area contributed by atoms with Gasteiger partial charge in [-0.25, -0.2) is 4.39 Å². The number of likely N-dealkylation sites (tertiary alicyclic amines) is 1. The van der Waals surface area contributed by atoms with E-state index in [1.165, 1.54) is 17.0 Å². The van der Waals surface area contributed by atoms with Crippen LogP contribution in [0.25, 0.3) is 5.00 Å². The first-order chi connectivity index (χ1) is 26.4. The van der Waals surface area contributed by atoms with Gasteiger partial charge in [0.1, 0.15) is 28.7 Å². The minimum Gasteiger partial charge on any atom is -0.371 e. The van der Waals surface area contributed by atoms with Crippen molar-refractivity contribution in [3.8, 4) is 5.00 Å². The number of aromatic nitrogens is 3. The average molecular weight is 785 g/mol. The van der Waals surface area contributed by atoms with Gasteiger partial charge >= 0.3 is 0 Å². The Morgan fingerprint density at radius 3 is 2.40 bits per heavy atom. The molecule has 2 aromatic carbocycles. The molecule has 0 radical (unpaired) electrons. The number of amides is 4. The van der Waals surface area contributed by atoms with E-state index in [0.717, 1.165) is 72.0 Å². The van der Waals surface area contributed by atoms with Crippen molar-refractivity contribution in [3.05, 3.63) is 92.1 Å². The van der Waals surface area contributed by atoms with E-state index >= 15 is 4.39 Å². The molecule has 15 heteroatoms. The molecule has 0 bridgehead atoms. The maximum Gasteiger partial charge on any atom is 0.254 e. The number of aliphatic imine (C=N–C) groups is 1. The molecule has 0 saturated carbocycles. The Labute approximate surface area is 327 Å². The molecule has 6 heterocycles. The fraction of sp³-hybridized carbons (Fsp3) is 0.425. The maximum atomic E-state index is 15.2. The van der Waals surface area contributed by atoms with Crippen molar-refractivity contribution in [1.29, 1.82) is 0 Å². The van der Waals surface area contributed by atoms with Crippen LogP contribution in [0.1, 0.15) is 94.6 Å². The number of thiophene rings is 1. The number of piperidine rings is 3. The minimum atomic E-state index is -0.878. The lowest BCUT2D eigenvalue weighted by Gasteiger charge is -2.47. The lowest BCUT2D eigenvalue weighted by Crippen LogP contribution is -2.52. The number of benzene rings is 2. The molecule has 2 aromatic heterocycles. The summed E-state index contributed by atoms with van der Waals surface area (Å²) < 4.78 is 17.3. The van der Waals surface area contributed by atoms with Gasteiger partial charge in [0.2, 0.25) is 17.7 Å². The van der Waals surface area contributed by atoms with Crippen LogP contribution in [0.2, 0.25) is 5.02 Å². The quantitative estimate of drug-likeness (QED) is 0.237. The largest absolute Gasteiger partial charge is 0.371 e. The van der Waals surface area contributed by atoms with Gasteiger partial charge in [0.05, 0.1) is 17.7 Å². The summed E-state index contributed by atoms with van der Waals surface area (Å²) in [5, 5.41) is 15.4. The maximum absolute atomic E-state index is 15.2. The normalized spacial score (nSPS) is 20.7. The van der Waals surface area contributed by atoms with Gasteiger partial charge < -0.3 is 15.1 Å². The summed E-state index contributed by atoms with van der Waals surface area (Å²) in [6.07, 6.45) is 4.07. The lowest BCUT2D eigenvalue weighted by molar-refractivity contribution is -0.135. The van der Waals surface area contributed by atoms with Crippen LogP contribution in [0.3, 0.4) is 0 Å². The van der Waals surface area contributed by atoms with Crippen molar-refractivity contribution in [2.75, 3.05) is 31.1 Å². The summed E-state index contributed by atoms with van der Waals surface area (Å²) in [6.45, 7) is 8.93. The molecule has 4 aliphatic rings. The van der Waals surface area contributed by atoms with Crippen LogP contribution in [-0.2, 0) is 14.4 Å². The van der Waals surface area contributed by atoms with Crippen molar-refractivity contribution >= 4 is 58.0 Å². The van der Waals surface area contributed by atoms with Gasteiger partial charge in [-0.2, -0.15) is 0 Å². The molecule has 286 valence electrons. The molecule has 8 rings (SSSR count). The summed E-state index contributed by atoms with van der Waals surface area (Å²) >= 11 is 7.95. The SMILES string of the molecule is Cc1sc2c(c1C)C(c1ccc(Cl)cc1)=N[C@@H](CC(=O)N1CCC3(CC1)CCN(c1ccc(C(=O)NC4CCC(=O)NC4=O)c(F)c1)CC3)c1nnc(C)n1-2. The second-order valence-corrected chi connectivity index (χ2v) is 16.8. The molecule has 3 fully saturated rings. The first-order valence-electron chi connectivity index (χ1n) is 18.7. The Kier molecular flexibility index (Phi) is 9.83. The molecule has 1 spiro atoms. The topological polar surface area (TPSA) is 142 Å². The van der Waals surface area contributed by atoms with E-state index in [0.29, 0.717) is 29.6 Å². The molecular weight excluding hydrogens is 743 g/mol. The number of nitrogens with zero attached hydrogens (tertiary/aromatic N) is 6. The fourth-order valence-corrected chi connectivity index (χ4v) is 9.69. The third-order valence-corrected chi connectivity index (χ3v) is 13.3. The predicted octanol–water partition coefficient (Wildman–Crippen LogP) is 5.77. The van der Waals surface area contributed by atoms with Gasteiger partial charge in [-0.15, -0.1) is 21.5 Å². The second-order valence-electron chi connectivity index (χ2n) is 15.1. The number of hydrogen-bond donors (Lipinski definition) is 2. The highest BCUT2D eigenvalue weighted by molar-refractivity contribution is 7.15. The Morgan fingerprint density at radius 1 is 1.00 bits per heavy atom. The molecule has 4 amide bonds. The molecule has 2 atom stereocenters. The Hall–Kier alpha value is -4.95. The number of carbonyl (C=O) groups excluding carboxylic acids is 4. The summed E-state index contributed by atoms with van der Waals surface area (Å²) in [7, 11) is 0. The number of fused-ring (bicyclic) bond motifs is 3. The monoisotopic (exact) mass is 784 g/mol. The fourth-order valence-electron chi connectivity index (χ4n) is 8.35. The molecule has 4 aliphatic heterocycles. The first kappa shape index (κ1) is 37.0. The first-order valence-corrected chi connectivity index (χ1v) is 19.9. The number of imide groups is 1. The molecular formula is C40H42ClFN8O4S. The Balaban J connectivity index is 0.915. The number of aryl methyl sites for hydroxylation is 2. The zero-order valence-corrected chi connectivity index (χ0v) is 32.5. The van der Waals surface area contributed by atoms with Crippen LogP contribution in [0, 0.1) is 32.0 Å². The highest BCUT2D eigenvalue weighted by Crippen LogP contribution is 2.44. The van der Waals surface area contributed by atoms with E-state index in [1.54, 1.807) is 17.4 Å². The van der Waals surface area contributed by atoms with E-state index < -0.39 is 29.7 Å². The van der Waals surface area contributed by atoms with E-state index in [4.69, 9.17) is 16.6 Å². The van der Waals surface area contributed by atoms with E-state index in [1.807, 2.05) is 36.1 Å². The van der Waals surface area contributed by atoms with Crippen LogP contribution in [0.4, 0.5) is 10.1 Å². The lowest BCUT2D eigenvalue weighted by atomic mass is 9.71. The van der Waals surface area contributed by atoms with E-state index in [9.17, 15) is 19.2 Å². The van der Waals surface area contributed by atoms with Gasteiger partial charge in [-0.1, -0.05) is 23.7 Å². The van der Waals surface area contributed by atoms with E-state index in [-0.39, 0.29) is 42.1 Å². The van der Waals surface area contributed by atoms with Crippen LogP contribution in [0.15, 0.2) is 47.5 Å². The van der Waals surface area contributed by atoms with Crippen LogP contribution in [0.5, 0.6) is 0 Å². The van der Waals surface area contributed by atoms with Crippen molar-refractivity contribution < 1.29 is 23.6 Å². The summed E-state index contributed by atoms with van der Waals surface area (Å²) in [4.78, 5) is 60.9. The van der Waals surface area contributed by atoms with Gasteiger partial charge in [-0.05, 0) is 94.2 Å². The number of anilines is 1. The molecule has 4 aromatic rings. The average Bonchev–Trinajstić information content (AvgIpc) is 3.65. The molecule has 0 aliphatic carbocycles. The Bertz CT molecular complexity index is 2230. The van der Waals surface area contributed by atoms with E-state index in [2.05, 4.69) is 44.1 Å². The highest BCUT2D eigenvalue weighted by Gasteiger charge is 2.40. The van der Waals surface area contributed by atoms with Gasteiger partial charge in [0, 0.05) is 59.3 Å². The molecule has 3 saturated heterocycles. The number of halogens is 2. The van der Waals surface area contributed by atoms with Crippen molar-refractivity contribution in [2.45, 2.75) is 77.8 Å². The molecule has 12 nitrogen and oxygen atoms in total. The van der Waals surface area contributed by atoms with Crippen LogP contribution in [-0.4, -0.2) is 81.2 Å².